The van der Waals surface area contributed by atoms with Gasteiger partial charge >= 0.3 is 0 Å². The molecule has 1 fully saturated rings. The first-order valence-electron chi connectivity index (χ1n) is 5.23. The van der Waals surface area contributed by atoms with Crippen molar-refractivity contribution in [1.82, 2.24) is 0 Å². The van der Waals surface area contributed by atoms with Gasteiger partial charge in [0.25, 0.3) is 0 Å². The van der Waals surface area contributed by atoms with E-state index in [0.29, 0.717) is 5.41 Å². The van der Waals surface area contributed by atoms with Crippen molar-refractivity contribution in [2.75, 3.05) is 0 Å². The van der Waals surface area contributed by atoms with Gasteiger partial charge in [-0.15, -0.1) is 0 Å². The van der Waals surface area contributed by atoms with E-state index in [-0.39, 0.29) is 0 Å². The average Bonchev–Trinajstić information content (AvgIpc) is 2.75. The normalized spacial score (nSPS) is 24.4. The van der Waals surface area contributed by atoms with E-state index < -0.39 is 0 Å². The van der Waals surface area contributed by atoms with E-state index in [0.717, 1.165) is 5.92 Å². The van der Waals surface area contributed by atoms with Crippen LogP contribution in [0.5, 0.6) is 0 Å². The van der Waals surface area contributed by atoms with Gasteiger partial charge in [-0.2, -0.15) is 0 Å². The standard InChI is InChI=1S/C13H18/c1-4-10-7-5-6-8-11(10)12-9-13(12,2)3/h5-8,12H,4,9H2,1-3H3/t12-/m0/s1. The molecule has 1 aromatic rings. The molecule has 0 spiro atoms. The van der Waals surface area contributed by atoms with E-state index in [2.05, 4.69) is 45.0 Å². The summed E-state index contributed by atoms with van der Waals surface area (Å²) in [4.78, 5) is 0. The molecule has 0 nitrogen and oxygen atoms in total. The fraction of sp³-hybridized carbons (Fsp3) is 0.538. The lowest BCUT2D eigenvalue weighted by Crippen LogP contribution is -1.94. The minimum absolute atomic E-state index is 0.561. The van der Waals surface area contributed by atoms with Crippen LogP contribution in [-0.2, 0) is 6.42 Å². The van der Waals surface area contributed by atoms with E-state index in [1.807, 2.05) is 0 Å². The van der Waals surface area contributed by atoms with Gasteiger partial charge in [0.05, 0.1) is 0 Å². The Hall–Kier alpha value is -0.780. The molecular weight excluding hydrogens is 156 g/mol. The van der Waals surface area contributed by atoms with E-state index in [1.165, 1.54) is 18.4 Å². The fourth-order valence-electron chi connectivity index (χ4n) is 2.19. The van der Waals surface area contributed by atoms with E-state index in [1.54, 1.807) is 5.56 Å². The molecule has 0 N–H and O–H groups in total. The molecule has 0 unspecified atom stereocenters. The van der Waals surface area contributed by atoms with Crippen LogP contribution in [0.15, 0.2) is 24.3 Å². The highest BCUT2D eigenvalue weighted by molar-refractivity contribution is 5.36. The van der Waals surface area contributed by atoms with Crippen molar-refractivity contribution in [2.24, 2.45) is 5.41 Å². The van der Waals surface area contributed by atoms with Crippen LogP contribution < -0.4 is 0 Å². The number of hydrogen-bond acceptors (Lipinski definition) is 0. The number of rotatable bonds is 2. The molecule has 1 aliphatic rings. The van der Waals surface area contributed by atoms with Crippen LogP contribution in [0.4, 0.5) is 0 Å². The Morgan fingerprint density at radius 2 is 1.92 bits per heavy atom. The molecule has 1 aromatic carbocycles. The molecule has 70 valence electrons. The molecule has 0 bridgehead atoms. The summed E-state index contributed by atoms with van der Waals surface area (Å²) in [6, 6.07) is 8.89. The molecule has 0 aromatic heterocycles. The first-order chi connectivity index (χ1) is 6.15. The highest BCUT2D eigenvalue weighted by atomic mass is 14.5. The third kappa shape index (κ3) is 1.50. The van der Waals surface area contributed by atoms with Gasteiger partial charge in [0.15, 0.2) is 0 Å². The van der Waals surface area contributed by atoms with Crippen molar-refractivity contribution >= 4 is 0 Å². The maximum Gasteiger partial charge on any atom is -0.0102 e. The Labute approximate surface area is 81.0 Å². The Morgan fingerprint density at radius 1 is 1.31 bits per heavy atom. The highest BCUT2D eigenvalue weighted by Gasteiger charge is 2.46. The molecule has 0 amide bonds. The van der Waals surface area contributed by atoms with Crippen molar-refractivity contribution in [3.05, 3.63) is 35.4 Å². The zero-order valence-corrected chi connectivity index (χ0v) is 8.80. The lowest BCUT2D eigenvalue weighted by Gasteiger charge is -2.08. The van der Waals surface area contributed by atoms with Gasteiger partial charge in [-0.1, -0.05) is 45.0 Å². The molecular formula is C13H18. The Bertz CT molecular complexity index is 310. The van der Waals surface area contributed by atoms with E-state index in [9.17, 15) is 0 Å². The summed E-state index contributed by atoms with van der Waals surface area (Å²) in [5.74, 6) is 0.823. The quantitative estimate of drug-likeness (QED) is 0.640. The van der Waals surface area contributed by atoms with Crippen molar-refractivity contribution < 1.29 is 0 Å². The summed E-state index contributed by atoms with van der Waals surface area (Å²) in [6.07, 6.45) is 2.53. The molecule has 2 rings (SSSR count). The topological polar surface area (TPSA) is 0 Å². The lowest BCUT2D eigenvalue weighted by atomic mass is 9.97. The van der Waals surface area contributed by atoms with Gasteiger partial charge in [0.1, 0.15) is 0 Å². The predicted octanol–water partition coefficient (Wildman–Crippen LogP) is 3.76. The summed E-state index contributed by atoms with van der Waals surface area (Å²) in [7, 11) is 0. The maximum atomic E-state index is 2.37. The minimum atomic E-state index is 0.561. The van der Waals surface area contributed by atoms with E-state index >= 15 is 0 Å². The third-order valence-corrected chi connectivity index (χ3v) is 3.32. The first kappa shape index (κ1) is 8.80. The molecule has 1 atom stereocenters. The van der Waals surface area contributed by atoms with Crippen LogP contribution in [0.25, 0.3) is 0 Å². The van der Waals surface area contributed by atoms with Gasteiger partial charge in [0.2, 0.25) is 0 Å². The average molecular weight is 174 g/mol. The Kier molecular flexibility index (Phi) is 1.94. The van der Waals surface area contributed by atoms with Crippen molar-refractivity contribution in [2.45, 2.75) is 39.5 Å². The number of hydrogen-bond donors (Lipinski definition) is 0. The zero-order valence-electron chi connectivity index (χ0n) is 8.80. The van der Waals surface area contributed by atoms with Crippen LogP contribution in [-0.4, -0.2) is 0 Å². The zero-order chi connectivity index (χ0) is 9.47. The Balaban J connectivity index is 2.31. The summed E-state index contributed by atoms with van der Waals surface area (Å²) in [5, 5.41) is 0. The molecule has 1 saturated carbocycles. The van der Waals surface area contributed by atoms with Crippen LogP contribution in [0.2, 0.25) is 0 Å². The van der Waals surface area contributed by atoms with Gasteiger partial charge in [-0.25, -0.2) is 0 Å². The van der Waals surface area contributed by atoms with Crippen LogP contribution in [0.3, 0.4) is 0 Å². The molecule has 0 aliphatic heterocycles. The fourth-order valence-corrected chi connectivity index (χ4v) is 2.19. The monoisotopic (exact) mass is 174 g/mol. The molecule has 0 radical (unpaired) electrons. The van der Waals surface area contributed by atoms with Gasteiger partial charge < -0.3 is 0 Å². The summed E-state index contributed by atoms with van der Waals surface area (Å²) >= 11 is 0. The van der Waals surface area contributed by atoms with Crippen molar-refractivity contribution in [3.8, 4) is 0 Å². The van der Waals surface area contributed by atoms with Crippen LogP contribution >= 0.6 is 0 Å². The third-order valence-electron chi connectivity index (χ3n) is 3.32. The van der Waals surface area contributed by atoms with Gasteiger partial charge in [-0.3, -0.25) is 0 Å². The summed E-state index contributed by atoms with van der Waals surface area (Å²) < 4.78 is 0. The first-order valence-corrected chi connectivity index (χ1v) is 5.23. The second kappa shape index (κ2) is 2.87. The smallest absolute Gasteiger partial charge is 0.0102 e. The largest absolute Gasteiger partial charge is 0.0620 e. The second-order valence-corrected chi connectivity index (χ2v) is 4.80. The predicted molar refractivity (Wildman–Crippen MR) is 57.0 cm³/mol. The van der Waals surface area contributed by atoms with Crippen LogP contribution in [0, 0.1) is 5.41 Å². The Morgan fingerprint density at radius 3 is 2.46 bits per heavy atom. The van der Waals surface area contributed by atoms with Crippen molar-refractivity contribution in [3.63, 3.8) is 0 Å². The van der Waals surface area contributed by atoms with Gasteiger partial charge in [-0.05, 0) is 35.3 Å². The molecule has 1 aliphatic carbocycles. The molecule has 0 heterocycles. The lowest BCUT2D eigenvalue weighted by molar-refractivity contribution is 0.620. The van der Waals surface area contributed by atoms with E-state index in [4.69, 9.17) is 0 Å². The molecule has 0 saturated heterocycles. The van der Waals surface area contributed by atoms with Crippen molar-refractivity contribution in [1.29, 1.82) is 0 Å². The molecule has 0 heteroatoms. The summed E-state index contributed by atoms with van der Waals surface area (Å²) in [5.41, 5.74) is 3.69. The SMILES string of the molecule is CCc1ccccc1[C@@H]1CC1(C)C. The van der Waals surface area contributed by atoms with Gasteiger partial charge in [0, 0.05) is 0 Å². The second-order valence-electron chi connectivity index (χ2n) is 4.80. The van der Waals surface area contributed by atoms with Crippen LogP contribution in [0.1, 0.15) is 44.2 Å². The number of benzene rings is 1. The maximum absolute atomic E-state index is 2.37. The summed E-state index contributed by atoms with van der Waals surface area (Å²) in [6.45, 7) is 6.97. The minimum Gasteiger partial charge on any atom is -0.0620 e. The molecule has 13 heavy (non-hydrogen) atoms. The number of aryl methyl sites for hydroxylation is 1. The highest BCUT2D eigenvalue weighted by Crippen LogP contribution is 2.59.